The van der Waals surface area contributed by atoms with Gasteiger partial charge in [0.2, 0.25) is 0 Å². The van der Waals surface area contributed by atoms with Crippen molar-refractivity contribution < 1.29 is 22.8 Å². The van der Waals surface area contributed by atoms with Crippen LogP contribution < -0.4 is 16.4 Å². The number of aromatic nitrogens is 3. The third kappa shape index (κ3) is 5.26. The van der Waals surface area contributed by atoms with Gasteiger partial charge in [-0.1, -0.05) is 23.2 Å². The number of hydrogen-bond acceptors (Lipinski definition) is 7. The Balaban J connectivity index is 1.70. The molecule has 4 N–H and O–H groups in total. The quantitative estimate of drug-likeness (QED) is 0.467. The number of nitrogens with two attached hydrogens (primary N) is 1. The summed E-state index contributed by atoms with van der Waals surface area (Å²) in [4.78, 5) is 36.5. The molecule has 0 aliphatic heterocycles. The highest BCUT2D eigenvalue weighted by Crippen LogP contribution is 2.36. The summed E-state index contributed by atoms with van der Waals surface area (Å²) in [5, 5.41) is 4.78. The predicted octanol–water partition coefficient (Wildman–Crippen LogP) is 4.58. The molecule has 0 bridgehead atoms. The monoisotopic (exact) mass is 504 g/mol. The largest absolute Gasteiger partial charge is 0.417 e. The molecule has 2 aromatic heterocycles. The van der Waals surface area contributed by atoms with Gasteiger partial charge in [0.25, 0.3) is 11.8 Å². The summed E-state index contributed by atoms with van der Waals surface area (Å²) in [6.07, 6.45) is -2.33. The number of anilines is 2. The van der Waals surface area contributed by atoms with Gasteiger partial charge in [-0.3, -0.25) is 9.59 Å². The van der Waals surface area contributed by atoms with Crippen molar-refractivity contribution in [3.05, 3.63) is 61.9 Å². The minimum Gasteiger partial charge on any atom is -0.382 e. The van der Waals surface area contributed by atoms with Gasteiger partial charge in [0, 0.05) is 5.69 Å². The van der Waals surface area contributed by atoms with E-state index in [1.54, 1.807) is 6.92 Å². The van der Waals surface area contributed by atoms with Crippen molar-refractivity contribution in [2.45, 2.75) is 19.1 Å². The molecule has 168 valence electrons. The predicted molar refractivity (Wildman–Crippen MR) is 114 cm³/mol. The molecule has 1 aromatic carbocycles. The summed E-state index contributed by atoms with van der Waals surface area (Å²) < 4.78 is 39.0. The molecule has 0 saturated heterocycles. The van der Waals surface area contributed by atoms with Crippen molar-refractivity contribution in [2.24, 2.45) is 0 Å². The lowest BCUT2D eigenvalue weighted by atomic mass is 10.2. The number of nitrogens with one attached hydrogen (secondary N) is 2. The third-order valence-corrected chi connectivity index (χ3v) is 5.91. The van der Waals surface area contributed by atoms with Crippen molar-refractivity contribution >= 4 is 57.9 Å². The molecular weight excluding hydrogens is 492 g/mol. The molecule has 32 heavy (non-hydrogen) atoms. The Morgan fingerprint density at radius 3 is 2.56 bits per heavy atom. The zero-order chi connectivity index (χ0) is 23.6. The van der Waals surface area contributed by atoms with Gasteiger partial charge < -0.3 is 16.4 Å². The second-order valence-electron chi connectivity index (χ2n) is 6.33. The highest BCUT2D eigenvalue weighted by atomic mass is 35.5. The summed E-state index contributed by atoms with van der Waals surface area (Å²) in [6.45, 7) is 1.62. The SMILES string of the molecule is C[C@H](NC(=O)c1ncnc(N)c1Cl)c1ncc(C(=O)Nc2ccc(Cl)c(C(F)(F)F)c2)s1. The number of nitrogen functional groups attached to an aromatic ring is 1. The number of carbonyl (C=O) groups is 2. The van der Waals surface area contributed by atoms with Gasteiger partial charge in [-0.2, -0.15) is 13.2 Å². The highest BCUT2D eigenvalue weighted by Gasteiger charge is 2.33. The lowest BCUT2D eigenvalue weighted by Crippen LogP contribution is -2.28. The standard InChI is InChI=1S/C18H13Cl2F3N6O2S/c1-7(28-16(31)13-12(20)14(24)27-6-26-13)17-25-5-11(32-17)15(30)29-8-2-3-10(19)9(4-8)18(21,22)23/h2-7H,1H3,(H,28,31)(H,29,30)(H2,24,26,27)/t7-/m0/s1. The Morgan fingerprint density at radius 2 is 1.88 bits per heavy atom. The van der Waals surface area contributed by atoms with Crippen LogP contribution in [-0.4, -0.2) is 26.8 Å². The summed E-state index contributed by atoms with van der Waals surface area (Å²) >= 11 is 12.5. The molecule has 2 heterocycles. The first kappa shape index (κ1) is 23.7. The Morgan fingerprint density at radius 1 is 1.16 bits per heavy atom. The van der Waals surface area contributed by atoms with E-state index >= 15 is 0 Å². The number of carbonyl (C=O) groups excluding carboxylic acids is 2. The van der Waals surface area contributed by atoms with E-state index in [9.17, 15) is 22.8 Å². The zero-order valence-corrected chi connectivity index (χ0v) is 18.3. The van der Waals surface area contributed by atoms with E-state index in [1.165, 1.54) is 12.3 Å². The van der Waals surface area contributed by atoms with Gasteiger partial charge in [0.15, 0.2) is 5.69 Å². The molecule has 0 aliphatic rings. The molecule has 0 aliphatic carbocycles. The van der Waals surface area contributed by atoms with Gasteiger partial charge in [0.1, 0.15) is 27.1 Å². The van der Waals surface area contributed by atoms with Crippen LogP contribution in [0.3, 0.4) is 0 Å². The fraction of sp³-hybridized carbons (Fsp3) is 0.167. The number of thiazole rings is 1. The van der Waals surface area contributed by atoms with Crippen LogP contribution in [0.1, 0.15) is 43.7 Å². The van der Waals surface area contributed by atoms with Crippen LogP contribution in [0, 0.1) is 0 Å². The molecule has 1 atom stereocenters. The molecule has 3 rings (SSSR count). The molecule has 0 radical (unpaired) electrons. The first-order valence-electron chi connectivity index (χ1n) is 8.68. The van der Waals surface area contributed by atoms with Crippen LogP contribution in [0.5, 0.6) is 0 Å². The van der Waals surface area contributed by atoms with E-state index in [0.29, 0.717) is 5.01 Å². The maximum atomic E-state index is 13.0. The molecule has 0 fully saturated rings. The maximum absolute atomic E-state index is 13.0. The number of amides is 2. The Bertz CT molecular complexity index is 1190. The average Bonchev–Trinajstić information content (AvgIpc) is 3.21. The number of rotatable bonds is 5. The van der Waals surface area contributed by atoms with Gasteiger partial charge >= 0.3 is 6.18 Å². The normalized spacial score (nSPS) is 12.3. The van der Waals surface area contributed by atoms with E-state index in [-0.39, 0.29) is 27.1 Å². The molecule has 0 saturated carbocycles. The van der Waals surface area contributed by atoms with Crippen molar-refractivity contribution in [2.75, 3.05) is 11.1 Å². The smallest absolute Gasteiger partial charge is 0.382 e. The Kier molecular flexibility index (Phi) is 6.86. The Labute approximate surface area is 193 Å². The van der Waals surface area contributed by atoms with Crippen LogP contribution in [0.25, 0.3) is 0 Å². The summed E-state index contributed by atoms with van der Waals surface area (Å²) in [7, 11) is 0. The summed E-state index contributed by atoms with van der Waals surface area (Å²) in [6, 6.07) is 2.40. The lowest BCUT2D eigenvalue weighted by Gasteiger charge is -2.12. The van der Waals surface area contributed by atoms with E-state index in [4.69, 9.17) is 28.9 Å². The minimum atomic E-state index is -4.67. The van der Waals surface area contributed by atoms with Crippen molar-refractivity contribution in [1.82, 2.24) is 20.3 Å². The molecule has 0 unspecified atom stereocenters. The van der Waals surface area contributed by atoms with E-state index in [1.807, 2.05) is 0 Å². The van der Waals surface area contributed by atoms with Crippen LogP contribution in [0.15, 0.2) is 30.7 Å². The molecule has 2 amide bonds. The fourth-order valence-corrected chi connectivity index (χ4v) is 3.70. The zero-order valence-electron chi connectivity index (χ0n) is 16.0. The topological polar surface area (TPSA) is 123 Å². The number of nitrogens with zero attached hydrogens (tertiary/aromatic N) is 3. The number of benzene rings is 1. The first-order chi connectivity index (χ1) is 15.0. The van der Waals surface area contributed by atoms with E-state index in [0.717, 1.165) is 29.8 Å². The second-order valence-corrected chi connectivity index (χ2v) is 8.17. The number of halogens is 5. The third-order valence-electron chi connectivity index (χ3n) is 4.03. The maximum Gasteiger partial charge on any atom is 0.417 e. The molecule has 8 nitrogen and oxygen atoms in total. The van der Waals surface area contributed by atoms with Crippen LogP contribution in [0.4, 0.5) is 24.7 Å². The molecule has 0 spiro atoms. The molecule has 14 heteroatoms. The van der Waals surface area contributed by atoms with Gasteiger partial charge in [0.05, 0.1) is 22.8 Å². The van der Waals surface area contributed by atoms with Crippen LogP contribution in [-0.2, 0) is 6.18 Å². The second kappa shape index (κ2) is 9.27. The van der Waals surface area contributed by atoms with Gasteiger partial charge in [-0.05, 0) is 25.1 Å². The Hall–Kier alpha value is -2.96. The average molecular weight is 505 g/mol. The summed E-state index contributed by atoms with van der Waals surface area (Å²) in [5.74, 6) is -1.35. The fourth-order valence-electron chi connectivity index (χ4n) is 2.47. The van der Waals surface area contributed by atoms with E-state index < -0.39 is 34.6 Å². The van der Waals surface area contributed by atoms with Crippen molar-refractivity contribution in [1.29, 1.82) is 0 Å². The van der Waals surface area contributed by atoms with Crippen molar-refractivity contribution in [3.8, 4) is 0 Å². The van der Waals surface area contributed by atoms with Crippen LogP contribution in [0.2, 0.25) is 10.0 Å². The van der Waals surface area contributed by atoms with E-state index in [2.05, 4.69) is 25.6 Å². The van der Waals surface area contributed by atoms with Crippen LogP contribution >= 0.6 is 34.5 Å². The summed E-state index contributed by atoms with van der Waals surface area (Å²) in [5.41, 5.74) is 4.28. The molecular formula is C18H13Cl2F3N6O2S. The van der Waals surface area contributed by atoms with Gasteiger partial charge in [-0.25, -0.2) is 15.0 Å². The lowest BCUT2D eigenvalue weighted by molar-refractivity contribution is -0.137. The molecule has 3 aromatic rings. The number of alkyl halides is 3. The minimum absolute atomic E-state index is 0.0523. The van der Waals surface area contributed by atoms with Crippen molar-refractivity contribution in [3.63, 3.8) is 0 Å². The van der Waals surface area contributed by atoms with Gasteiger partial charge in [-0.15, -0.1) is 11.3 Å². The first-order valence-corrected chi connectivity index (χ1v) is 10.2. The number of hydrogen-bond donors (Lipinski definition) is 3. The highest BCUT2D eigenvalue weighted by molar-refractivity contribution is 7.13.